The van der Waals surface area contributed by atoms with E-state index in [-0.39, 0.29) is 6.61 Å². The molecule has 1 saturated carbocycles. The summed E-state index contributed by atoms with van der Waals surface area (Å²) >= 11 is 0. The summed E-state index contributed by atoms with van der Waals surface area (Å²) < 4.78 is 7.79. The van der Waals surface area contributed by atoms with Crippen LogP contribution in [0.25, 0.3) is 0 Å². The number of hydrogen-bond donors (Lipinski definition) is 2. The van der Waals surface area contributed by atoms with E-state index < -0.39 is 0 Å². The molecule has 3 rings (SSSR count). The number of rotatable bonds is 6. The quantitative estimate of drug-likeness (QED) is 0.855. The lowest BCUT2D eigenvalue weighted by atomic mass is 10.2. The maximum absolute atomic E-state index is 9.41. The number of aliphatic hydroxyl groups excluding tert-OH is 1. The normalized spacial score (nSPS) is 14.4. The smallest absolute Gasteiger partial charge is 0.222 e. The molecule has 0 atom stereocenters. The maximum atomic E-state index is 9.41. The minimum Gasteiger partial charge on any atom is -0.439 e. The van der Waals surface area contributed by atoms with Crippen molar-refractivity contribution in [2.45, 2.75) is 39.0 Å². The number of aliphatic hydroxyl groups is 1. The van der Waals surface area contributed by atoms with Crippen LogP contribution in [0.2, 0.25) is 0 Å². The Balaban J connectivity index is 1.86. The van der Waals surface area contributed by atoms with Crippen LogP contribution in [0.1, 0.15) is 29.7 Å². The highest BCUT2D eigenvalue weighted by Crippen LogP contribution is 2.30. The van der Waals surface area contributed by atoms with Gasteiger partial charge in [-0.1, -0.05) is 18.2 Å². The molecule has 1 aromatic heterocycles. The minimum absolute atomic E-state index is 0.0390. The molecule has 2 N–H and O–H groups in total. The van der Waals surface area contributed by atoms with E-state index in [1.54, 1.807) is 4.68 Å². The van der Waals surface area contributed by atoms with Crippen LogP contribution in [-0.4, -0.2) is 20.9 Å². The van der Waals surface area contributed by atoms with Crippen molar-refractivity contribution in [2.24, 2.45) is 7.05 Å². The zero-order chi connectivity index (χ0) is 14.8. The molecule has 2 aromatic rings. The minimum atomic E-state index is -0.0390. The van der Waals surface area contributed by atoms with E-state index >= 15 is 0 Å². The number of aryl methyl sites for hydroxylation is 2. The van der Waals surface area contributed by atoms with Gasteiger partial charge < -0.3 is 15.2 Å². The van der Waals surface area contributed by atoms with Gasteiger partial charge >= 0.3 is 0 Å². The Bertz CT molecular complexity index is 632. The van der Waals surface area contributed by atoms with Gasteiger partial charge in [0.05, 0.1) is 17.9 Å². The molecule has 0 radical (unpaired) electrons. The number of benzene rings is 1. The zero-order valence-corrected chi connectivity index (χ0v) is 12.5. The highest BCUT2D eigenvalue weighted by atomic mass is 16.5. The third-order valence-electron chi connectivity index (χ3n) is 3.78. The van der Waals surface area contributed by atoms with Crippen LogP contribution < -0.4 is 10.1 Å². The summed E-state index contributed by atoms with van der Waals surface area (Å²) in [6, 6.07) is 8.16. The van der Waals surface area contributed by atoms with Crippen molar-refractivity contribution in [3.63, 3.8) is 0 Å². The third-order valence-corrected chi connectivity index (χ3v) is 3.78. The largest absolute Gasteiger partial charge is 0.439 e. The number of para-hydroxylation sites is 1. The van der Waals surface area contributed by atoms with Crippen molar-refractivity contribution in [2.75, 3.05) is 0 Å². The Morgan fingerprint density at radius 2 is 2.14 bits per heavy atom. The first-order valence-corrected chi connectivity index (χ1v) is 7.31. The first-order chi connectivity index (χ1) is 10.2. The van der Waals surface area contributed by atoms with E-state index in [9.17, 15) is 5.11 Å². The highest BCUT2D eigenvalue weighted by molar-refractivity contribution is 5.39. The molecular formula is C16H21N3O2. The summed E-state index contributed by atoms with van der Waals surface area (Å²) in [7, 11) is 1.88. The molecule has 5 heteroatoms. The van der Waals surface area contributed by atoms with Gasteiger partial charge in [-0.2, -0.15) is 5.10 Å². The number of hydrogen-bond acceptors (Lipinski definition) is 4. The van der Waals surface area contributed by atoms with E-state index in [4.69, 9.17) is 4.74 Å². The molecule has 1 heterocycles. The predicted molar refractivity (Wildman–Crippen MR) is 80.2 cm³/mol. The van der Waals surface area contributed by atoms with Crippen molar-refractivity contribution >= 4 is 0 Å². The van der Waals surface area contributed by atoms with Crippen molar-refractivity contribution in [3.05, 3.63) is 41.1 Å². The molecule has 0 amide bonds. The lowest BCUT2D eigenvalue weighted by Gasteiger charge is -2.12. The van der Waals surface area contributed by atoms with Crippen LogP contribution in [0.4, 0.5) is 0 Å². The fourth-order valence-corrected chi connectivity index (χ4v) is 2.38. The monoisotopic (exact) mass is 287 g/mol. The second kappa shape index (κ2) is 5.87. The maximum Gasteiger partial charge on any atom is 0.222 e. The van der Waals surface area contributed by atoms with Crippen molar-refractivity contribution in [3.8, 4) is 11.6 Å². The molecule has 0 bridgehead atoms. The molecule has 0 unspecified atom stereocenters. The molecule has 21 heavy (non-hydrogen) atoms. The number of nitrogens with one attached hydrogen (secondary N) is 1. The second-order valence-electron chi connectivity index (χ2n) is 5.52. The molecule has 1 aliphatic carbocycles. The standard InChI is InChI=1S/C16H21N3O2/c1-11-14(9-17-13-7-8-13)16(19(2)18-11)21-15-6-4-3-5-12(15)10-20/h3-6,13,17,20H,7-10H2,1-2H3. The van der Waals surface area contributed by atoms with Crippen LogP contribution >= 0.6 is 0 Å². The van der Waals surface area contributed by atoms with Crippen molar-refractivity contribution in [1.29, 1.82) is 0 Å². The third kappa shape index (κ3) is 3.09. The Kier molecular flexibility index (Phi) is 3.94. The van der Waals surface area contributed by atoms with Crippen LogP contribution in [0.3, 0.4) is 0 Å². The summed E-state index contributed by atoms with van der Waals surface area (Å²) in [5.41, 5.74) is 2.83. The first kappa shape index (κ1) is 14.1. The number of nitrogens with zero attached hydrogens (tertiary/aromatic N) is 2. The Morgan fingerprint density at radius 1 is 1.38 bits per heavy atom. The van der Waals surface area contributed by atoms with Gasteiger partial charge in [-0.05, 0) is 25.8 Å². The van der Waals surface area contributed by atoms with Crippen LogP contribution in [-0.2, 0) is 20.2 Å². The molecule has 5 nitrogen and oxygen atoms in total. The summed E-state index contributed by atoms with van der Waals surface area (Å²) in [4.78, 5) is 0. The van der Waals surface area contributed by atoms with E-state index in [0.29, 0.717) is 11.8 Å². The van der Waals surface area contributed by atoms with Gasteiger partial charge in [0.2, 0.25) is 5.88 Å². The van der Waals surface area contributed by atoms with E-state index in [2.05, 4.69) is 10.4 Å². The topological polar surface area (TPSA) is 59.3 Å². The van der Waals surface area contributed by atoms with Crippen LogP contribution in [0, 0.1) is 6.92 Å². The van der Waals surface area contributed by atoms with Crippen LogP contribution in [0.5, 0.6) is 11.6 Å². The summed E-state index contributed by atoms with van der Waals surface area (Å²) in [6.45, 7) is 2.72. The molecule has 1 fully saturated rings. The molecule has 1 aliphatic rings. The van der Waals surface area contributed by atoms with Gasteiger partial charge in [0, 0.05) is 25.2 Å². The zero-order valence-electron chi connectivity index (χ0n) is 12.5. The SMILES string of the molecule is Cc1nn(C)c(Oc2ccccc2CO)c1CNC1CC1. The summed E-state index contributed by atoms with van der Waals surface area (Å²) in [5.74, 6) is 1.41. The van der Waals surface area contributed by atoms with Crippen molar-refractivity contribution in [1.82, 2.24) is 15.1 Å². The molecule has 0 aliphatic heterocycles. The molecule has 0 spiro atoms. The Morgan fingerprint density at radius 3 is 2.86 bits per heavy atom. The van der Waals surface area contributed by atoms with Gasteiger partial charge in [-0.3, -0.25) is 0 Å². The van der Waals surface area contributed by atoms with Gasteiger partial charge in [0.25, 0.3) is 0 Å². The second-order valence-corrected chi connectivity index (χ2v) is 5.52. The molecular weight excluding hydrogens is 266 g/mol. The van der Waals surface area contributed by atoms with Gasteiger partial charge in [-0.15, -0.1) is 0 Å². The van der Waals surface area contributed by atoms with Gasteiger partial charge in [0.1, 0.15) is 5.75 Å². The van der Waals surface area contributed by atoms with Gasteiger partial charge in [-0.25, -0.2) is 4.68 Å². The highest BCUT2D eigenvalue weighted by Gasteiger charge is 2.23. The van der Waals surface area contributed by atoms with Crippen LogP contribution in [0.15, 0.2) is 24.3 Å². The van der Waals surface area contributed by atoms with E-state index in [1.807, 2.05) is 38.2 Å². The van der Waals surface area contributed by atoms with Crippen molar-refractivity contribution < 1.29 is 9.84 Å². The Labute approximate surface area is 124 Å². The summed E-state index contributed by atoms with van der Waals surface area (Å²) in [6.07, 6.45) is 2.51. The lowest BCUT2D eigenvalue weighted by molar-refractivity contribution is 0.275. The molecule has 0 saturated heterocycles. The number of ether oxygens (including phenoxy) is 1. The first-order valence-electron chi connectivity index (χ1n) is 7.31. The van der Waals surface area contributed by atoms with Gasteiger partial charge in [0.15, 0.2) is 0 Å². The predicted octanol–water partition coefficient (Wildman–Crippen LogP) is 2.27. The average molecular weight is 287 g/mol. The average Bonchev–Trinajstić information content (AvgIpc) is 3.26. The Hall–Kier alpha value is -1.85. The number of aromatic nitrogens is 2. The van der Waals surface area contributed by atoms with E-state index in [0.717, 1.165) is 29.2 Å². The van der Waals surface area contributed by atoms with E-state index in [1.165, 1.54) is 12.8 Å². The summed E-state index contributed by atoms with van der Waals surface area (Å²) in [5, 5.41) is 17.4. The lowest BCUT2D eigenvalue weighted by Crippen LogP contribution is -2.16. The molecule has 112 valence electrons. The molecule has 1 aromatic carbocycles. The fourth-order valence-electron chi connectivity index (χ4n) is 2.38. The fraction of sp³-hybridized carbons (Fsp3) is 0.438.